The summed E-state index contributed by atoms with van der Waals surface area (Å²) in [6.07, 6.45) is 4.03. The molecular formula is C15H24O3Si. The molecule has 0 aromatic carbocycles. The molecule has 1 unspecified atom stereocenters. The van der Waals surface area contributed by atoms with Crippen molar-refractivity contribution >= 4 is 14.1 Å². The second kappa shape index (κ2) is 5.47. The molecule has 106 valence electrons. The Hall–Kier alpha value is -1.13. The number of ketones is 1. The van der Waals surface area contributed by atoms with E-state index in [1.807, 2.05) is 19.9 Å². The number of carbonyl (C=O) groups is 1. The van der Waals surface area contributed by atoms with Gasteiger partial charge in [-0.05, 0) is 39.6 Å². The minimum atomic E-state index is -1.87. The van der Waals surface area contributed by atoms with E-state index in [1.54, 1.807) is 13.2 Å². The van der Waals surface area contributed by atoms with Crippen LogP contribution in [0.4, 0.5) is 0 Å². The normalized spacial score (nSPS) is 22.9. The largest absolute Gasteiger partial charge is 0.497 e. The van der Waals surface area contributed by atoms with Crippen LogP contribution in [0.15, 0.2) is 35.6 Å². The highest BCUT2D eigenvalue weighted by Gasteiger charge is 2.56. The van der Waals surface area contributed by atoms with E-state index in [0.717, 1.165) is 5.57 Å². The van der Waals surface area contributed by atoms with E-state index in [-0.39, 0.29) is 5.78 Å². The van der Waals surface area contributed by atoms with Gasteiger partial charge in [0, 0.05) is 6.42 Å². The van der Waals surface area contributed by atoms with Gasteiger partial charge in [-0.3, -0.25) is 4.79 Å². The van der Waals surface area contributed by atoms with Crippen molar-refractivity contribution in [2.75, 3.05) is 7.11 Å². The lowest BCUT2D eigenvalue weighted by atomic mass is 9.75. The minimum Gasteiger partial charge on any atom is -0.497 e. The van der Waals surface area contributed by atoms with Crippen molar-refractivity contribution in [3.8, 4) is 0 Å². The maximum absolute atomic E-state index is 12.5. The molecule has 0 heterocycles. The molecule has 3 nitrogen and oxygen atoms in total. The number of carbonyl (C=O) groups excluding carboxylic acids is 1. The van der Waals surface area contributed by atoms with Gasteiger partial charge in [0.05, 0.1) is 12.7 Å². The average molecular weight is 280 g/mol. The zero-order chi connectivity index (χ0) is 14.8. The first kappa shape index (κ1) is 15.9. The first-order valence-corrected chi connectivity index (χ1v) is 9.88. The van der Waals surface area contributed by atoms with E-state index >= 15 is 0 Å². The predicted molar refractivity (Wildman–Crippen MR) is 80.4 cm³/mol. The molecule has 0 aliphatic heterocycles. The van der Waals surface area contributed by atoms with Gasteiger partial charge in [-0.15, -0.1) is 6.58 Å². The summed E-state index contributed by atoms with van der Waals surface area (Å²) in [4.78, 5) is 12.5. The Morgan fingerprint density at radius 3 is 2.32 bits per heavy atom. The lowest BCUT2D eigenvalue weighted by Crippen LogP contribution is -2.57. The fourth-order valence-electron chi connectivity index (χ4n) is 2.32. The van der Waals surface area contributed by atoms with E-state index in [9.17, 15) is 4.79 Å². The SMILES string of the molecule is C=CCC1(O[Si](C)(C)C)C(=O)C(C=C(C)C)=C1OC. The van der Waals surface area contributed by atoms with E-state index in [1.165, 1.54) is 0 Å². The van der Waals surface area contributed by atoms with Crippen LogP contribution >= 0.6 is 0 Å². The van der Waals surface area contributed by atoms with Gasteiger partial charge in [-0.2, -0.15) is 0 Å². The van der Waals surface area contributed by atoms with Crippen LogP contribution in [-0.4, -0.2) is 26.8 Å². The van der Waals surface area contributed by atoms with Crippen LogP contribution < -0.4 is 0 Å². The molecule has 0 bridgehead atoms. The number of hydrogen-bond acceptors (Lipinski definition) is 3. The molecule has 0 amide bonds. The molecule has 4 heteroatoms. The number of rotatable bonds is 6. The molecule has 0 saturated heterocycles. The quantitative estimate of drug-likeness (QED) is 0.551. The van der Waals surface area contributed by atoms with Crippen LogP contribution in [0.3, 0.4) is 0 Å². The highest BCUT2D eigenvalue weighted by atomic mass is 28.4. The molecule has 0 aromatic rings. The topological polar surface area (TPSA) is 35.5 Å². The lowest BCUT2D eigenvalue weighted by molar-refractivity contribution is -0.136. The van der Waals surface area contributed by atoms with E-state index in [2.05, 4.69) is 26.2 Å². The van der Waals surface area contributed by atoms with Crippen molar-refractivity contribution in [3.05, 3.63) is 35.6 Å². The van der Waals surface area contributed by atoms with Crippen LogP contribution in [0.1, 0.15) is 20.3 Å². The fourth-order valence-corrected chi connectivity index (χ4v) is 3.63. The highest BCUT2D eigenvalue weighted by Crippen LogP contribution is 2.44. The Kier molecular flexibility index (Phi) is 4.58. The summed E-state index contributed by atoms with van der Waals surface area (Å²) in [6, 6.07) is 0. The second-order valence-electron chi connectivity index (χ2n) is 6.03. The summed E-state index contributed by atoms with van der Waals surface area (Å²) in [5.41, 5.74) is 0.753. The molecule has 0 aromatic heterocycles. The van der Waals surface area contributed by atoms with Gasteiger partial charge in [0.2, 0.25) is 5.78 Å². The standard InChI is InChI=1S/C15H24O3Si/c1-8-9-15(18-19(5,6)7)13(16)12(10-11(2)3)14(15)17-4/h8,10H,1,9H2,2-7H3. The monoisotopic (exact) mass is 280 g/mol. The fraction of sp³-hybridized carbons (Fsp3) is 0.533. The Morgan fingerprint density at radius 1 is 1.37 bits per heavy atom. The number of allylic oxidation sites excluding steroid dienone is 2. The minimum absolute atomic E-state index is 0.00729. The molecule has 0 saturated carbocycles. The molecule has 19 heavy (non-hydrogen) atoms. The molecule has 0 spiro atoms. The van der Waals surface area contributed by atoms with Gasteiger partial charge < -0.3 is 9.16 Å². The summed E-state index contributed by atoms with van der Waals surface area (Å²) in [6.45, 7) is 13.9. The third kappa shape index (κ3) is 3.07. The second-order valence-corrected chi connectivity index (χ2v) is 10.5. The highest BCUT2D eigenvalue weighted by molar-refractivity contribution is 6.70. The molecule has 0 radical (unpaired) electrons. The molecule has 1 aliphatic carbocycles. The van der Waals surface area contributed by atoms with Gasteiger partial charge in [-0.1, -0.05) is 11.6 Å². The zero-order valence-electron chi connectivity index (χ0n) is 12.8. The van der Waals surface area contributed by atoms with Crippen LogP contribution in [0.2, 0.25) is 19.6 Å². The number of hydrogen-bond donors (Lipinski definition) is 0. The van der Waals surface area contributed by atoms with Crippen molar-refractivity contribution in [1.29, 1.82) is 0 Å². The maximum atomic E-state index is 12.5. The number of ether oxygens (including phenoxy) is 1. The van der Waals surface area contributed by atoms with E-state index < -0.39 is 13.9 Å². The maximum Gasteiger partial charge on any atom is 0.205 e. The smallest absolute Gasteiger partial charge is 0.205 e. The van der Waals surface area contributed by atoms with Gasteiger partial charge in [0.15, 0.2) is 13.9 Å². The van der Waals surface area contributed by atoms with Crippen LogP contribution in [-0.2, 0) is 14.0 Å². The van der Waals surface area contributed by atoms with Gasteiger partial charge in [-0.25, -0.2) is 0 Å². The van der Waals surface area contributed by atoms with E-state index in [4.69, 9.17) is 9.16 Å². The number of methoxy groups -OCH3 is 1. The van der Waals surface area contributed by atoms with E-state index in [0.29, 0.717) is 17.8 Å². The summed E-state index contributed by atoms with van der Waals surface area (Å²) in [7, 11) is -0.283. The third-order valence-electron chi connectivity index (χ3n) is 2.77. The van der Waals surface area contributed by atoms with Crippen LogP contribution in [0, 0.1) is 0 Å². The first-order valence-electron chi connectivity index (χ1n) is 6.47. The van der Waals surface area contributed by atoms with Crippen molar-refractivity contribution in [3.63, 3.8) is 0 Å². The summed E-state index contributed by atoms with van der Waals surface area (Å²) >= 11 is 0. The lowest BCUT2D eigenvalue weighted by Gasteiger charge is -2.44. The molecule has 0 N–H and O–H groups in total. The zero-order valence-corrected chi connectivity index (χ0v) is 13.8. The average Bonchev–Trinajstić information content (AvgIpc) is 2.25. The van der Waals surface area contributed by atoms with Crippen LogP contribution in [0.25, 0.3) is 0 Å². The Bertz CT molecular complexity index is 451. The Morgan fingerprint density at radius 2 is 1.95 bits per heavy atom. The Labute approximate surface area is 117 Å². The van der Waals surface area contributed by atoms with Crippen molar-refractivity contribution in [1.82, 2.24) is 0 Å². The molecule has 1 atom stereocenters. The predicted octanol–water partition coefficient (Wildman–Crippen LogP) is 3.60. The van der Waals surface area contributed by atoms with Crippen molar-refractivity contribution in [2.24, 2.45) is 0 Å². The van der Waals surface area contributed by atoms with Gasteiger partial charge in [0.1, 0.15) is 5.76 Å². The number of Topliss-reactive ketones (excluding diaryl/α,β-unsaturated/α-hetero) is 1. The molecule has 1 rings (SSSR count). The van der Waals surface area contributed by atoms with Gasteiger partial charge >= 0.3 is 0 Å². The van der Waals surface area contributed by atoms with Crippen molar-refractivity contribution < 1.29 is 14.0 Å². The molecule has 0 fully saturated rings. The Balaban J connectivity index is 3.28. The van der Waals surface area contributed by atoms with Gasteiger partial charge in [0.25, 0.3) is 0 Å². The third-order valence-corrected chi connectivity index (χ3v) is 3.73. The summed E-state index contributed by atoms with van der Waals surface area (Å²) < 4.78 is 11.6. The summed E-state index contributed by atoms with van der Waals surface area (Å²) in [5, 5.41) is 0. The molecular weight excluding hydrogens is 256 g/mol. The van der Waals surface area contributed by atoms with Crippen LogP contribution in [0.5, 0.6) is 0 Å². The first-order chi connectivity index (χ1) is 8.68. The summed E-state index contributed by atoms with van der Waals surface area (Å²) in [5.74, 6) is 0.647. The van der Waals surface area contributed by atoms with Crippen molar-refractivity contribution in [2.45, 2.75) is 45.5 Å². The molecule has 1 aliphatic rings.